The molecule has 1 aliphatic heterocycles. The fraction of sp³-hybridized carbons (Fsp3) is 0.625. The number of aliphatic hydroxyl groups excluding tert-OH is 1. The summed E-state index contributed by atoms with van der Waals surface area (Å²) >= 11 is 0. The highest BCUT2D eigenvalue weighted by molar-refractivity contribution is 5.23. The van der Waals surface area contributed by atoms with Gasteiger partial charge >= 0.3 is 0 Å². The molecule has 1 N–H and O–H groups in total. The standard InChI is InChI=1S/C16H25NO/c1-13-7-9-15(10-8-13)16(18)12-17-11-5-3-4-6-14(17)2/h7-10,14,16,18H,3-6,11-12H2,1-2H3. The minimum Gasteiger partial charge on any atom is -0.387 e. The van der Waals surface area contributed by atoms with Gasteiger partial charge in [-0.2, -0.15) is 0 Å². The van der Waals surface area contributed by atoms with Crippen LogP contribution in [0, 0.1) is 6.92 Å². The van der Waals surface area contributed by atoms with E-state index in [-0.39, 0.29) is 6.10 Å². The topological polar surface area (TPSA) is 23.5 Å². The Morgan fingerprint density at radius 1 is 1.22 bits per heavy atom. The molecule has 1 saturated heterocycles. The normalized spacial score (nSPS) is 23.6. The summed E-state index contributed by atoms with van der Waals surface area (Å²) in [5, 5.41) is 10.3. The van der Waals surface area contributed by atoms with Gasteiger partial charge in [-0.15, -0.1) is 0 Å². The number of β-amino-alcohol motifs (C(OH)–C–C–N with tert-alkyl or cyclic N) is 1. The molecule has 2 unspecified atom stereocenters. The van der Waals surface area contributed by atoms with Gasteiger partial charge in [-0.25, -0.2) is 0 Å². The van der Waals surface area contributed by atoms with Crippen molar-refractivity contribution in [2.24, 2.45) is 0 Å². The summed E-state index contributed by atoms with van der Waals surface area (Å²) in [5.74, 6) is 0. The van der Waals surface area contributed by atoms with E-state index in [1.807, 2.05) is 12.1 Å². The van der Waals surface area contributed by atoms with Gasteiger partial charge in [-0.1, -0.05) is 42.7 Å². The number of hydrogen-bond donors (Lipinski definition) is 1. The van der Waals surface area contributed by atoms with Crippen molar-refractivity contribution >= 4 is 0 Å². The Labute approximate surface area is 111 Å². The van der Waals surface area contributed by atoms with Crippen LogP contribution in [0.4, 0.5) is 0 Å². The average molecular weight is 247 g/mol. The van der Waals surface area contributed by atoms with E-state index in [9.17, 15) is 5.11 Å². The molecule has 2 heteroatoms. The van der Waals surface area contributed by atoms with E-state index < -0.39 is 0 Å². The first-order valence-electron chi connectivity index (χ1n) is 7.15. The highest BCUT2D eigenvalue weighted by atomic mass is 16.3. The number of rotatable bonds is 3. The Kier molecular flexibility index (Phi) is 4.79. The quantitative estimate of drug-likeness (QED) is 0.886. The van der Waals surface area contributed by atoms with Crippen molar-refractivity contribution in [1.82, 2.24) is 4.90 Å². The summed E-state index contributed by atoms with van der Waals surface area (Å²) in [7, 11) is 0. The fourth-order valence-corrected chi connectivity index (χ4v) is 2.72. The largest absolute Gasteiger partial charge is 0.387 e. The molecule has 0 amide bonds. The lowest BCUT2D eigenvalue weighted by molar-refractivity contribution is 0.0929. The predicted octanol–water partition coefficient (Wildman–Crippen LogP) is 3.29. The van der Waals surface area contributed by atoms with Gasteiger partial charge in [0.25, 0.3) is 0 Å². The zero-order chi connectivity index (χ0) is 13.0. The molecule has 0 radical (unpaired) electrons. The molecule has 0 saturated carbocycles. The third kappa shape index (κ3) is 3.56. The molecule has 1 aromatic rings. The van der Waals surface area contributed by atoms with Crippen LogP contribution in [0.1, 0.15) is 49.8 Å². The van der Waals surface area contributed by atoms with E-state index in [0.29, 0.717) is 6.04 Å². The maximum atomic E-state index is 10.3. The van der Waals surface area contributed by atoms with Crippen LogP contribution in [-0.2, 0) is 0 Å². The Morgan fingerprint density at radius 2 is 1.94 bits per heavy atom. The van der Waals surface area contributed by atoms with E-state index in [0.717, 1.165) is 18.7 Å². The summed E-state index contributed by atoms with van der Waals surface area (Å²) in [4.78, 5) is 2.44. The molecular formula is C16H25NO. The molecule has 18 heavy (non-hydrogen) atoms. The van der Waals surface area contributed by atoms with Gasteiger partial charge in [-0.05, 0) is 38.8 Å². The second-order valence-electron chi connectivity index (χ2n) is 5.62. The van der Waals surface area contributed by atoms with Gasteiger partial charge in [0.1, 0.15) is 0 Å². The number of hydrogen-bond acceptors (Lipinski definition) is 2. The van der Waals surface area contributed by atoms with Crippen molar-refractivity contribution in [1.29, 1.82) is 0 Å². The van der Waals surface area contributed by atoms with E-state index >= 15 is 0 Å². The molecule has 0 aromatic heterocycles. The maximum Gasteiger partial charge on any atom is 0.0917 e. The van der Waals surface area contributed by atoms with Crippen LogP contribution in [0.5, 0.6) is 0 Å². The van der Waals surface area contributed by atoms with Crippen LogP contribution in [0.15, 0.2) is 24.3 Å². The third-order valence-corrected chi connectivity index (χ3v) is 4.06. The SMILES string of the molecule is Cc1ccc(C(O)CN2CCCCCC2C)cc1. The van der Waals surface area contributed by atoms with Crippen LogP contribution in [0.25, 0.3) is 0 Å². The van der Waals surface area contributed by atoms with Crippen LogP contribution in [-0.4, -0.2) is 29.1 Å². The lowest BCUT2D eigenvalue weighted by Crippen LogP contribution is -2.36. The first kappa shape index (κ1) is 13.6. The molecule has 1 aromatic carbocycles. The molecular weight excluding hydrogens is 222 g/mol. The second kappa shape index (κ2) is 6.35. The zero-order valence-electron chi connectivity index (χ0n) is 11.6. The summed E-state index contributed by atoms with van der Waals surface area (Å²) in [5.41, 5.74) is 2.28. The Bertz CT molecular complexity index is 360. The Balaban J connectivity index is 1.97. The molecule has 1 fully saturated rings. The summed E-state index contributed by atoms with van der Waals surface area (Å²) in [6, 6.07) is 8.84. The predicted molar refractivity (Wildman–Crippen MR) is 75.6 cm³/mol. The zero-order valence-corrected chi connectivity index (χ0v) is 11.6. The third-order valence-electron chi connectivity index (χ3n) is 4.06. The summed E-state index contributed by atoms with van der Waals surface area (Å²) in [6.45, 7) is 6.26. The first-order valence-corrected chi connectivity index (χ1v) is 7.15. The van der Waals surface area contributed by atoms with Gasteiger partial charge in [0.2, 0.25) is 0 Å². The monoisotopic (exact) mass is 247 g/mol. The van der Waals surface area contributed by atoms with E-state index in [2.05, 4.69) is 30.9 Å². The van der Waals surface area contributed by atoms with Gasteiger partial charge in [0.15, 0.2) is 0 Å². The van der Waals surface area contributed by atoms with Crippen molar-refractivity contribution < 1.29 is 5.11 Å². The highest BCUT2D eigenvalue weighted by Gasteiger charge is 2.20. The van der Waals surface area contributed by atoms with Gasteiger partial charge < -0.3 is 5.11 Å². The first-order chi connectivity index (χ1) is 8.66. The fourth-order valence-electron chi connectivity index (χ4n) is 2.72. The molecule has 1 heterocycles. The van der Waals surface area contributed by atoms with E-state index in [1.54, 1.807) is 0 Å². The van der Waals surface area contributed by atoms with Crippen LogP contribution >= 0.6 is 0 Å². The minimum absolute atomic E-state index is 0.355. The number of benzene rings is 1. The number of nitrogens with zero attached hydrogens (tertiary/aromatic N) is 1. The van der Waals surface area contributed by atoms with Crippen molar-refractivity contribution in [3.8, 4) is 0 Å². The Morgan fingerprint density at radius 3 is 2.67 bits per heavy atom. The Hall–Kier alpha value is -0.860. The van der Waals surface area contributed by atoms with Crippen LogP contribution < -0.4 is 0 Å². The van der Waals surface area contributed by atoms with Gasteiger partial charge in [-0.3, -0.25) is 4.90 Å². The number of aryl methyl sites for hydroxylation is 1. The van der Waals surface area contributed by atoms with Gasteiger partial charge in [0.05, 0.1) is 6.10 Å². The van der Waals surface area contributed by atoms with Crippen molar-refractivity contribution in [2.45, 2.75) is 51.7 Å². The van der Waals surface area contributed by atoms with Crippen molar-refractivity contribution in [3.05, 3.63) is 35.4 Å². The molecule has 0 bridgehead atoms. The maximum absolute atomic E-state index is 10.3. The molecule has 2 rings (SSSR count). The lowest BCUT2D eigenvalue weighted by atomic mass is 10.1. The highest BCUT2D eigenvalue weighted by Crippen LogP contribution is 2.21. The molecule has 1 aliphatic rings. The minimum atomic E-state index is -0.355. The average Bonchev–Trinajstić information content (AvgIpc) is 2.56. The number of aliphatic hydroxyl groups is 1. The van der Waals surface area contributed by atoms with Crippen molar-refractivity contribution in [2.75, 3.05) is 13.1 Å². The van der Waals surface area contributed by atoms with Gasteiger partial charge in [0, 0.05) is 12.6 Å². The van der Waals surface area contributed by atoms with E-state index in [4.69, 9.17) is 0 Å². The lowest BCUT2D eigenvalue weighted by Gasteiger charge is -2.29. The van der Waals surface area contributed by atoms with Crippen LogP contribution in [0.2, 0.25) is 0 Å². The molecule has 2 nitrogen and oxygen atoms in total. The smallest absolute Gasteiger partial charge is 0.0917 e. The molecule has 100 valence electrons. The van der Waals surface area contributed by atoms with E-state index in [1.165, 1.54) is 31.2 Å². The second-order valence-corrected chi connectivity index (χ2v) is 5.62. The number of likely N-dealkylation sites (tertiary alicyclic amines) is 1. The summed E-state index contributed by atoms with van der Waals surface area (Å²) < 4.78 is 0. The summed E-state index contributed by atoms with van der Waals surface area (Å²) in [6.07, 6.45) is 4.84. The molecule has 0 aliphatic carbocycles. The van der Waals surface area contributed by atoms with Crippen molar-refractivity contribution in [3.63, 3.8) is 0 Å². The molecule has 0 spiro atoms. The molecule has 2 atom stereocenters. The van der Waals surface area contributed by atoms with Crippen LogP contribution in [0.3, 0.4) is 0 Å².